The van der Waals surface area contributed by atoms with E-state index in [0.29, 0.717) is 19.0 Å². The summed E-state index contributed by atoms with van der Waals surface area (Å²) < 4.78 is 5.52. The van der Waals surface area contributed by atoms with Gasteiger partial charge in [0.2, 0.25) is 5.95 Å². The van der Waals surface area contributed by atoms with Crippen LogP contribution >= 0.6 is 11.8 Å². The zero-order valence-electron chi connectivity index (χ0n) is 12.6. The number of rotatable bonds is 3. The fraction of sp³-hybridized carbons (Fsp3) is 0.733. The van der Waals surface area contributed by atoms with Crippen molar-refractivity contribution in [3.63, 3.8) is 0 Å². The highest BCUT2D eigenvalue weighted by atomic mass is 32.2. The molecule has 3 aliphatic heterocycles. The summed E-state index contributed by atoms with van der Waals surface area (Å²) in [5.41, 5.74) is 1.09. The topological polar surface area (TPSA) is 61.7 Å². The third kappa shape index (κ3) is 2.89. The van der Waals surface area contributed by atoms with Crippen molar-refractivity contribution in [3.8, 4) is 0 Å². The van der Waals surface area contributed by atoms with E-state index in [1.165, 1.54) is 0 Å². The zero-order chi connectivity index (χ0) is 14.9. The van der Waals surface area contributed by atoms with Crippen molar-refractivity contribution in [1.82, 2.24) is 9.97 Å². The number of hydrogen-bond donors (Lipinski definition) is 1. The zero-order valence-corrected chi connectivity index (χ0v) is 13.5. The monoisotopic (exact) mass is 322 g/mol. The SMILES string of the molecule is OC1CN(c2nc([C@@H]3CCOC3)cc(N3CCSCC3)n2)C1. The van der Waals surface area contributed by atoms with Gasteiger partial charge in [-0.1, -0.05) is 0 Å². The average molecular weight is 322 g/mol. The Balaban J connectivity index is 1.63. The molecule has 3 saturated heterocycles. The molecule has 0 saturated carbocycles. The van der Waals surface area contributed by atoms with Gasteiger partial charge in [0, 0.05) is 56.3 Å². The van der Waals surface area contributed by atoms with Crippen molar-refractivity contribution in [1.29, 1.82) is 0 Å². The Morgan fingerprint density at radius 3 is 2.68 bits per heavy atom. The lowest BCUT2D eigenvalue weighted by Gasteiger charge is -2.37. The van der Waals surface area contributed by atoms with E-state index in [0.717, 1.165) is 61.7 Å². The molecule has 3 fully saturated rings. The Bertz CT molecular complexity index is 526. The molecular weight excluding hydrogens is 300 g/mol. The summed E-state index contributed by atoms with van der Waals surface area (Å²) in [4.78, 5) is 13.9. The first-order chi connectivity index (χ1) is 10.8. The highest BCUT2D eigenvalue weighted by Gasteiger charge is 2.29. The van der Waals surface area contributed by atoms with Crippen LogP contribution in [0, 0.1) is 0 Å². The van der Waals surface area contributed by atoms with E-state index in [1.807, 2.05) is 11.8 Å². The van der Waals surface area contributed by atoms with E-state index < -0.39 is 0 Å². The summed E-state index contributed by atoms with van der Waals surface area (Å²) in [6.45, 7) is 4.95. The maximum absolute atomic E-state index is 9.55. The number of β-amino-alcohol motifs (C(OH)–C–C–N with tert-alkyl or cyclic N) is 1. The third-order valence-electron chi connectivity index (χ3n) is 4.55. The van der Waals surface area contributed by atoms with Crippen LogP contribution in [0.25, 0.3) is 0 Å². The molecule has 22 heavy (non-hydrogen) atoms. The smallest absolute Gasteiger partial charge is 0.227 e. The highest BCUT2D eigenvalue weighted by molar-refractivity contribution is 7.99. The van der Waals surface area contributed by atoms with Crippen LogP contribution in [-0.4, -0.2) is 72.1 Å². The van der Waals surface area contributed by atoms with Gasteiger partial charge in [-0.2, -0.15) is 16.7 Å². The molecule has 0 amide bonds. The first-order valence-electron chi connectivity index (χ1n) is 8.02. The summed E-state index contributed by atoms with van der Waals surface area (Å²) in [6.07, 6.45) is 0.797. The van der Waals surface area contributed by atoms with E-state index in [-0.39, 0.29) is 6.10 Å². The van der Waals surface area contributed by atoms with Crippen LogP contribution in [0.5, 0.6) is 0 Å². The number of aliphatic hydroxyl groups is 1. The van der Waals surface area contributed by atoms with Crippen LogP contribution in [0.2, 0.25) is 0 Å². The molecule has 1 N–H and O–H groups in total. The first kappa shape index (κ1) is 14.5. The second-order valence-corrected chi connectivity index (χ2v) is 7.39. The molecule has 120 valence electrons. The van der Waals surface area contributed by atoms with Crippen molar-refractivity contribution in [2.24, 2.45) is 0 Å². The molecule has 0 aliphatic carbocycles. The largest absolute Gasteiger partial charge is 0.389 e. The minimum absolute atomic E-state index is 0.239. The predicted molar refractivity (Wildman–Crippen MR) is 88.0 cm³/mol. The number of hydrogen-bond acceptors (Lipinski definition) is 7. The molecule has 0 unspecified atom stereocenters. The van der Waals surface area contributed by atoms with Gasteiger partial charge in [0.05, 0.1) is 18.4 Å². The molecule has 0 spiro atoms. The fourth-order valence-electron chi connectivity index (χ4n) is 3.13. The van der Waals surface area contributed by atoms with Gasteiger partial charge in [0.25, 0.3) is 0 Å². The normalized spacial score (nSPS) is 26.3. The van der Waals surface area contributed by atoms with E-state index >= 15 is 0 Å². The fourth-order valence-corrected chi connectivity index (χ4v) is 4.03. The maximum Gasteiger partial charge on any atom is 0.227 e. The van der Waals surface area contributed by atoms with E-state index in [1.54, 1.807) is 0 Å². The van der Waals surface area contributed by atoms with Crippen LogP contribution in [0.1, 0.15) is 18.0 Å². The van der Waals surface area contributed by atoms with Crippen LogP contribution < -0.4 is 9.80 Å². The van der Waals surface area contributed by atoms with Gasteiger partial charge in [0.15, 0.2) is 0 Å². The van der Waals surface area contributed by atoms with Crippen LogP contribution in [0.4, 0.5) is 11.8 Å². The standard InChI is InChI=1S/C15H22N4O2S/c20-12-8-19(9-12)15-16-13(11-1-4-21-10-11)7-14(17-15)18-2-5-22-6-3-18/h7,11-12,20H,1-6,8-10H2/t11-/m1/s1. The Hall–Kier alpha value is -1.05. The predicted octanol–water partition coefficient (Wildman–Crippen LogP) is 0.715. The lowest BCUT2D eigenvalue weighted by Crippen LogP contribution is -2.51. The number of thioether (sulfide) groups is 1. The van der Waals surface area contributed by atoms with Gasteiger partial charge in [-0.3, -0.25) is 0 Å². The average Bonchev–Trinajstić information content (AvgIpc) is 3.07. The molecule has 0 aromatic carbocycles. The molecule has 3 aliphatic rings. The third-order valence-corrected chi connectivity index (χ3v) is 5.49. The molecular formula is C15H22N4O2S. The molecule has 0 bridgehead atoms. The van der Waals surface area contributed by atoms with Crippen molar-refractivity contribution in [2.75, 3.05) is 60.7 Å². The molecule has 0 radical (unpaired) electrons. The van der Waals surface area contributed by atoms with Crippen LogP contribution in [-0.2, 0) is 4.74 Å². The number of anilines is 2. The van der Waals surface area contributed by atoms with Crippen LogP contribution in [0.3, 0.4) is 0 Å². The number of aliphatic hydroxyl groups excluding tert-OH is 1. The number of ether oxygens (including phenoxy) is 1. The Morgan fingerprint density at radius 2 is 2.00 bits per heavy atom. The second kappa shape index (κ2) is 6.22. The van der Waals surface area contributed by atoms with Gasteiger partial charge < -0.3 is 19.6 Å². The summed E-state index contributed by atoms with van der Waals surface area (Å²) in [7, 11) is 0. The molecule has 6 nitrogen and oxygen atoms in total. The van der Waals surface area contributed by atoms with E-state index in [2.05, 4.69) is 15.9 Å². The number of aromatic nitrogens is 2. The molecule has 4 rings (SSSR count). The highest BCUT2D eigenvalue weighted by Crippen LogP contribution is 2.30. The van der Waals surface area contributed by atoms with Gasteiger partial charge in [-0.15, -0.1) is 0 Å². The number of nitrogens with zero attached hydrogens (tertiary/aromatic N) is 4. The summed E-state index contributed by atoms with van der Waals surface area (Å²) in [5.74, 6) is 4.50. The summed E-state index contributed by atoms with van der Waals surface area (Å²) in [6, 6.07) is 2.15. The van der Waals surface area contributed by atoms with Crippen molar-refractivity contribution < 1.29 is 9.84 Å². The van der Waals surface area contributed by atoms with Gasteiger partial charge in [-0.05, 0) is 6.42 Å². The van der Waals surface area contributed by atoms with Crippen LogP contribution in [0.15, 0.2) is 6.07 Å². The molecule has 1 aromatic rings. The molecule has 1 atom stereocenters. The Labute approximate surface area is 134 Å². The molecule has 7 heteroatoms. The van der Waals surface area contributed by atoms with Crippen molar-refractivity contribution in [3.05, 3.63) is 11.8 Å². The quantitative estimate of drug-likeness (QED) is 0.879. The van der Waals surface area contributed by atoms with Crippen molar-refractivity contribution in [2.45, 2.75) is 18.4 Å². The van der Waals surface area contributed by atoms with Gasteiger partial charge in [0.1, 0.15) is 5.82 Å². The minimum Gasteiger partial charge on any atom is -0.389 e. The van der Waals surface area contributed by atoms with E-state index in [4.69, 9.17) is 14.7 Å². The summed E-state index contributed by atoms with van der Waals surface area (Å²) >= 11 is 2.00. The minimum atomic E-state index is -0.239. The molecule has 1 aromatic heterocycles. The lowest BCUT2D eigenvalue weighted by atomic mass is 10.0. The lowest BCUT2D eigenvalue weighted by molar-refractivity contribution is 0.140. The molecule has 4 heterocycles. The first-order valence-corrected chi connectivity index (χ1v) is 9.17. The summed E-state index contributed by atoms with van der Waals surface area (Å²) in [5, 5.41) is 9.55. The Kier molecular flexibility index (Phi) is 4.11. The van der Waals surface area contributed by atoms with E-state index in [9.17, 15) is 5.11 Å². The van der Waals surface area contributed by atoms with Gasteiger partial charge in [-0.25, -0.2) is 4.98 Å². The maximum atomic E-state index is 9.55. The Morgan fingerprint density at radius 1 is 1.18 bits per heavy atom. The van der Waals surface area contributed by atoms with Gasteiger partial charge >= 0.3 is 0 Å². The second-order valence-electron chi connectivity index (χ2n) is 6.17. The van der Waals surface area contributed by atoms with Crippen molar-refractivity contribution >= 4 is 23.5 Å².